The third-order valence-electron chi connectivity index (χ3n) is 2.90. The maximum atomic E-state index is 5.79. The molecule has 0 bridgehead atoms. The normalized spacial score (nSPS) is 23.4. The van der Waals surface area contributed by atoms with Gasteiger partial charge >= 0.3 is 0 Å². The molecule has 17 heavy (non-hydrogen) atoms. The minimum Gasteiger partial charge on any atom is -0.338 e. The van der Waals surface area contributed by atoms with Gasteiger partial charge in [0.15, 0.2) is 5.82 Å². The standard InChI is InChI=1S/C11H13N5O/c1-16-5-4-13-10(16)9-14-11(17-15-9)7-2-3-8(12)6-7/h2-5,7-8H,6,12H2,1H3. The molecule has 0 amide bonds. The van der Waals surface area contributed by atoms with Crippen LogP contribution in [-0.2, 0) is 7.05 Å². The molecule has 1 aliphatic rings. The van der Waals surface area contributed by atoms with Gasteiger partial charge in [0, 0.05) is 25.5 Å². The summed E-state index contributed by atoms with van der Waals surface area (Å²) in [6.45, 7) is 0. The highest BCUT2D eigenvalue weighted by atomic mass is 16.5. The molecule has 6 nitrogen and oxygen atoms in total. The lowest BCUT2D eigenvalue weighted by Gasteiger charge is -2.01. The minimum absolute atomic E-state index is 0.0866. The van der Waals surface area contributed by atoms with Crippen LogP contribution < -0.4 is 5.73 Å². The van der Waals surface area contributed by atoms with E-state index in [-0.39, 0.29) is 12.0 Å². The number of aromatic nitrogens is 4. The molecular formula is C11H13N5O. The summed E-state index contributed by atoms with van der Waals surface area (Å²) in [5.41, 5.74) is 5.79. The molecule has 2 aromatic heterocycles. The van der Waals surface area contributed by atoms with E-state index in [0.717, 1.165) is 6.42 Å². The molecule has 2 unspecified atom stereocenters. The molecule has 2 aromatic rings. The van der Waals surface area contributed by atoms with Gasteiger partial charge in [0.05, 0.1) is 5.92 Å². The largest absolute Gasteiger partial charge is 0.338 e. The van der Waals surface area contributed by atoms with Crippen LogP contribution in [0.5, 0.6) is 0 Å². The number of nitrogens with zero attached hydrogens (tertiary/aromatic N) is 4. The minimum atomic E-state index is 0.0866. The highest BCUT2D eigenvalue weighted by Crippen LogP contribution is 2.27. The molecule has 2 atom stereocenters. The number of nitrogens with two attached hydrogens (primary N) is 1. The van der Waals surface area contributed by atoms with Crippen molar-refractivity contribution in [3.8, 4) is 11.6 Å². The van der Waals surface area contributed by atoms with E-state index in [1.54, 1.807) is 6.20 Å². The molecular weight excluding hydrogens is 218 g/mol. The van der Waals surface area contributed by atoms with Crippen LogP contribution in [0.1, 0.15) is 18.2 Å². The van der Waals surface area contributed by atoms with Gasteiger partial charge in [-0.15, -0.1) is 0 Å². The summed E-state index contributed by atoms with van der Waals surface area (Å²) >= 11 is 0. The van der Waals surface area contributed by atoms with Crippen LogP contribution >= 0.6 is 0 Å². The van der Waals surface area contributed by atoms with E-state index in [1.165, 1.54) is 0 Å². The summed E-state index contributed by atoms with van der Waals surface area (Å²) in [6, 6.07) is 0.0866. The zero-order valence-corrected chi connectivity index (χ0v) is 9.45. The average molecular weight is 231 g/mol. The Balaban J connectivity index is 1.89. The monoisotopic (exact) mass is 231 g/mol. The molecule has 6 heteroatoms. The van der Waals surface area contributed by atoms with E-state index < -0.39 is 0 Å². The fraction of sp³-hybridized carbons (Fsp3) is 0.364. The lowest BCUT2D eigenvalue weighted by molar-refractivity contribution is 0.364. The van der Waals surface area contributed by atoms with Crippen LogP contribution in [-0.4, -0.2) is 25.7 Å². The second-order valence-electron chi connectivity index (χ2n) is 4.21. The summed E-state index contributed by atoms with van der Waals surface area (Å²) in [4.78, 5) is 8.54. The van der Waals surface area contributed by atoms with Crippen molar-refractivity contribution in [1.82, 2.24) is 19.7 Å². The Morgan fingerprint density at radius 1 is 1.47 bits per heavy atom. The fourth-order valence-electron chi connectivity index (χ4n) is 1.97. The Hall–Kier alpha value is -1.95. The first-order valence-electron chi connectivity index (χ1n) is 5.49. The quantitative estimate of drug-likeness (QED) is 0.774. The van der Waals surface area contributed by atoms with Crippen molar-refractivity contribution in [3.63, 3.8) is 0 Å². The first kappa shape index (κ1) is 10.2. The number of allylic oxidation sites excluding steroid dienone is 1. The third kappa shape index (κ3) is 1.76. The second-order valence-corrected chi connectivity index (χ2v) is 4.21. The van der Waals surface area contributed by atoms with Gasteiger partial charge in [-0.2, -0.15) is 4.98 Å². The molecule has 0 spiro atoms. The predicted molar refractivity (Wildman–Crippen MR) is 61.0 cm³/mol. The Morgan fingerprint density at radius 2 is 2.35 bits per heavy atom. The Labute approximate surface area is 98.1 Å². The van der Waals surface area contributed by atoms with Gasteiger partial charge in [0.25, 0.3) is 0 Å². The van der Waals surface area contributed by atoms with Gasteiger partial charge < -0.3 is 14.8 Å². The van der Waals surface area contributed by atoms with Crippen LogP contribution in [0.2, 0.25) is 0 Å². The zero-order chi connectivity index (χ0) is 11.8. The molecule has 1 aliphatic carbocycles. The summed E-state index contributed by atoms with van der Waals surface area (Å²) in [5, 5.41) is 3.94. The molecule has 3 rings (SSSR count). The average Bonchev–Trinajstić information content (AvgIpc) is 2.97. The molecule has 2 heterocycles. The maximum Gasteiger partial charge on any atom is 0.238 e. The van der Waals surface area contributed by atoms with Crippen LogP contribution in [0.15, 0.2) is 29.1 Å². The van der Waals surface area contributed by atoms with Gasteiger partial charge in [0.1, 0.15) is 0 Å². The van der Waals surface area contributed by atoms with Crippen molar-refractivity contribution >= 4 is 0 Å². The molecule has 0 aliphatic heterocycles. The van der Waals surface area contributed by atoms with Crippen molar-refractivity contribution in [2.24, 2.45) is 12.8 Å². The van der Waals surface area contributed by atoms with Crippen molar-refractivity contribution in [2.45, 2.75) is 18.4 Å². The Kier molecular flexibility index (Phi) is 2.29. The number of hydrogen-bond donors (Lipinski definition) is 1. The summed E-state index contributed by atoms with van der Waals surface area (Å²) < 4.78 is 7.11. The van der Waals surface area contributed by atoms with Crippen LogP contribution in [0.25, 0.3) is 11.6 Å². The van der Waals surface area contributed by atoms with E-state index in [0.29, 0.717) is 17.5 Å². The van der Waals surface area contributed by atoms with Gasteiger partial charge in [0.2, 0.25) is 11.7 Å². The van der Waals surface area contributed by atoms with E-state index in [9.17, 15) is 0 Å². The van der Waals surface area contributed by atoms with Gasteiger partial charge in [-0.25, -0.2) is 4.98 Å². The van der Waals surface area contributed by atoms with Crippen molar-refractivity contribution < 1.29 is 4.52 Å². The van der Waals surface area contributed by atoms with E-state index in [2.05, 4.69) is 15.1 Å². The van der Waals surface area contributed by atoms with Gasteiger partial charge in [-0.1, -0.05) is 17.3 Å². The number of imidazole rings is 1. The summed E-state index contributed by atoms with van der Waals surface area (Å²) in [7, 11) is 1.89. The Morgan fingerprint density at radius 3 is 3.00 bits per heavy atom. The van der Waals surface area contributed by atoms with Crippen molar-refractivity contribution in [2.75, 3.05) is 0 Å². The molecule has 0 saturated heterocycles. The van der Waals surface area contributed by atoms with E-state index >= 15 is 0 Å². The highest BCUT2D eigenvalue weighted by molar-refractivity contribution is 5.42. The smallest absolute Gasteiger partial charge is 0.238 e. The molecule has 0 saturated carbocycles. The Bertz CT molecular complexity index is 556. The SMILES string of the molecule is Cn1ccnc1-c1noc(C2C=CC(N)C2)n1. The third-order valence-corrected chi connectivity index (χ3v) is 2.90. The first-order chi connectivity index (χ1) is 8.24. The fourth-order valence-corrected chi connectivity index (χ4v) is 1.97. The second kappa shape index (κ2) is 3.81. The molecule has 0 aromatic carbocycles. The lowest BCUT2D eigenvalue weighted by atomic mass is 10.1. The molecule has 2 N–H and O–H groups in total. The zero-order valence-electron chi connectivity index (χ0n) is 9.45. The van der Waals surface area contributed by atoms with Crippen molar-refractivity contribution in [3.05, 3.63) is 30.4 Å². The van der Waals surface area contributed by atoms with Crippen LogP contribution in [0, 0.1) is 0 Å². The maximum absolute atomic E-state index is 5.79. The summed E-state index contributed by atoms with van der Waals surface area (Å²) in [5.74, 6) is 1.95. The molecule has 88 valence electrons. The van der Waals surface area contributed by atoms with E-state index in [4.69, 9.17) is 10.3 Å². The van der Waals surface area contributed by atoms with Gasteiger partial charge in [-0.05, 0) is 6.42 Å². The predicted octanol–water partition coefficient (Wildman–Crippen LogP) is 0.841. The van der Waals surface area contributed by atoms with Gasteiger partial charge in [-0.3, -0.25) is 0 Å². The van der Waals surface area contributed by atoms with Crippen LogP contribution in [0.4, 0.5) is 0 Å². The lowest BCUT2D eigenvalue weighted by Crippen LogP contribution is -2.14. The summed E-state index contributed by atoms with van der Waals surface area (Å²) in [6.07, 6.45) is 8.35. The number of rotatable bonds is 2. The molecule has 0 fully saturated rings. The van der Waals surface area contributed by atoms with Crippen molar-refractivity contribution in [1.29, 1.82) is 0 Å². The molecule has 0 radical (unpaired) electrons. The van der Waals surface area contributed by atoms with E-state index in [1.807, 2.05) is 30.0 Å². The topological polar surface area (TPSA) is 82.8 Å². The van der Waals surface area contributed by atoms with Crippen LogP contribution in [0.3, 0.4) is 0 Å². The first-order valence-corrected chi connectivity index (χ1v) is 5.49. The number of hydrogen-bond acceptors (Lipinski definition) is 5. The number of aryl methyl sites for hydroxylation is 1. The highest BCUT2D eigenvalue weighted by Gasteiger charge is 2.24.